The summed E-state index contributed by atoms with van der Waals surface area (Å²) in [6, 6.07) is 8.09. The Balaban J connectivity index is 0.00000200. The molecule has 1 aromatic carbocycles. The molecule has 112 valence electrons. The number of halogens is 1. The van der Waals surface area contributed by atoms with Gasteiger partial charge in [-0.3, -0.25) is 4.79 Å². The van der Waals surface area contributed by atoms with E-state index in [0.29, 0.717) is 0 Å². The molecule has 1 saturated heterocycles. The van der Waals surface area contributed by atoms with Crippen molar-refractivity contribution in [2.24, 2.45) is 5.92 Å². The van der Waals surface area contributed by atoms with Crippen molar-refractivity contribution in [1.82, 2.24) is 5.32 Å². The average Bonchev–Trinajstić information content (AvgIpc) is 2.39. The Kier molecular flexibility index (Phi) is 6.03. The number of para-hydroxylation sites is 1. The van der Waals surface area contributed by atoms with Gasteiger partial charge < -0.3 is 10.6 Å². The van der Waals surface area contributed by atoms with E-state index in [2.05, 4.69) is 37.5 Å². The molecule has 0 aliphatic carbocycles. The SMILES string of the molecule is CC(C)(C)c1ccccc1NC(=O)[C@@H]1CCCNC1.Cl. The normalized spacial score (nSPS) is 19.1. The zero-order valence-corrected chi connectivity index (χ0v) is 13.3. The standard InChI is InChI=1S/C16H24N2O.ClH/c1-16(2,3)13-8-4-5-9-14(13)18-15(19)12-7-6-10-17-11-12;/h4-5,8-9,12,17H,6-7,10-11H2,1-3H3,(H,18,19);1H/t12-;/m1./s1. The summed E-state index contributed by atoms with van der Waals surface area (Å²) in [4.78, 5) is 12.3. The smallest absolute Gasteiger partial charge is 0.228 e. The minimum absolute atomic E-state index is 0. The van der Waals surface area contributed by atoms with Crippen LogP contribution in [-0.2, 0) is 10.2 Å². The number of rotatable bonds is 2. The summed E-state index contributed by atoms with van der Waals surface area (Å²) >= 11 is 0. The number of amides is 1. The van der Waals surface area contributed by atoms with Gasteiger partial charge in [0.15, 0.2) is 0 Å². The van der Waals surface area contributed by atoms with Gasteiger partial charge in [-0.1, -0.05) is 39.0 Å². The highest BCUT2D eigenvalue weighted by Crippen LogP contribution is 2.29. The number of anilines is 1. The van der Waals surface area contributed by atoms with E-state index in [1.807, 2.05) is 18.2 Å². The fourth-order valence-electron chi connectivity index (χ4n) is 2.56. The number of carbonyl (C=O) groups excluding carboxylic acids is 1. The highest BCUT2D eigenvalue weighted by Gasteiger charge is 2.23. The van der Waals surface area contributed by atoms with Crippen molar-refractivity contribution in [3.8, 4) is 0 Å². The monoisotopic (exact) mass is 296 g/mol. The molecule has 1 aromatic rings. The van der Waals surface area contributed by atoms with Gasteiger partial charge in [0.1, 0.15) is 0 Å². The Hall–Kier alpha value is -1.06. The van der Waals surface area contributed by atoms with Crippen LogP contribution in [0.1, 0.15) is 39.2 Å². The molecule has 3 nitrogen and oxygen atoms in total. The molecule has 1 aliphatic rings. The van der Waals surface area contributed by atoms with E-state index >= 15 is 0 Å². The van der Waals surface area contributed by atoms with E-state index in [0.717, 1.165) is 31.6 Å². The van der Waals surface area contributed by atoms with Gasteiger partial charge in [0, 0.05) is 12.2 Å². The van der Waals surface area contributed by atoms with Crippen LogP contribution in [0.4, 0.5) is 5.69 Å². The van der Waals surface area contributed by atoms with E-state index in [1.165, 1.54) is 5.56 Å². The Morgan fingerprint density at radius 1 is 1.30 bits per heavy atom. The first-order valence-electron chi connectivity index (χ1n) is 7.09. The Bertz CT molecular complexity index is 448. The van der Waals surface area contributed by atoms with Gasteiger partial charge in [-0.2, -0.15) is 0 Å². The largest absolute Gasteiger partial charge is 0.326 e. The third kappa shape index (κ3) is 4.22. The molecule has 1 amide bonds. The Labute approximate surface area is 127 Å². The van der Waals surface area contributed by atoms with Crippen LogP contribution in [0.3, 0.4) is 0 Å². The topological polar surface area (TPSA) is 41.1 Å². The molecule has 20 heavy (non-hydrogen) atoms. The predicted molar refractivity (Wildman–Crippen MR) is 86.6 cm³/mol. The number of benzene rings is 1. The molecule has 0 saturated carbocycles. The van der Waals surface area contributed by atoms with Crippen LogP contribution >= 0.6 is 12.4 Å². The van der Waals surface area contributed by atoms with E-state index in [1.54, 1.807) is 0 Å². The molecule has 0 bridgehead atoms. The fraction of sp³-hybridized carbons (Fsp3) is 0.562. The van der Waals surface area contributed by atoms with Crippen LogP contribution in [0.15, 0.2) is 24.3 Å². The number of piperidine rings is 1. The summed E-state index contributed by atoms with van der Waals surface area (Å²) in [5.41, 5.74) is 2.17. The van der Waals surface area contributed by atoms with Crippen LogP contribution < -0.4 is 10.6 Å². The van der Waals surface area contributed by atoms with Crippen LogP contribution in [0.25, 0.3) is 0 Å². The molecule has 0 spiro atoms. The fourth-order valence-corrected chi connectivity index (χ4v) is 2.56. The van der Waals surface area contributed by atoms with Gasteiger partial charge >= 0.3 is 0 Å². The van der Waals surface area contributed by atoms with E-state index in [-0.39, 0.29) is 29.6 Å². The number of hydrogen-bond donors (Lipinski definition) is 2. The zero-order valence-electron chi connectivity index (χ0n) is 12.5. The second-order valence-corrected chi connectivity index (χ2v) is 6.33. The molecule has 0 unspecified atom stereocenters. The first-order valence-corrected chi connectivity index (χ1v) is 7.09. The molecule has 1 heterocycles. The lowest BCUT2D eigenvalue weighted by Crippen LogP contribution is -2.37. The van der Waals surface area contributed by atoms with Crippen molar-refractivity contribution in [3.63, 3.8) is 0 Å². The maximum atomic E-state index is 12.3. The molecular formula is C16H25ClN2O. The number of carbonyl (C=O) groups is 1. The second-order valence-electron chi connectivity index (χ2n) is 6.33. The lowest BCUT2D eigenvalue weighted by molar-refractivity contribution is -0.120. The summed E-state index contributed by atoms with van der Waals surface area (Å²) < 4.78 is 0. The molecule has 0 aromatic heterocycles. The lowest BCUT2D eigenvalue weighted by atomic mass is 9.85. The molecule has 1 atom stereocenters. The quantitative estimate of drug-likeness (QED) is 0.879. The molecule has 4 heteroatoms. The lowest BCUT2D eigenvalue weighted by Gasteiger charge is -2.26. The maximum absolute atomic E-state index is 12.3. The van der Waals surface area contributed by atoms with Crippen molar-refractivity contribution >= 4 is 24.0 Å². The highest BCUT2D eigenvalue weighted by molar-refractivity contribution is 5.93. The van der Waals surface area contributed by atoms with Crippen LogP contribution in [0.5, 0.6) is 0 Å². The first-order chi connectivity index (χ1) is 8.98. The minimum Gasteiger partial charge on any atom is -0.326 e. The Morgan fingerprint density at radius 3 is 2.60 bits per heavy atom. The molecule has 2 N–H and O–H groups in total. The van der Waals surface area contributed by atoms with Gasteiger partial charge in [0.2, 0.25) is 5.91 Å². The number of hydrogen-bond acceptors (Lipinski definition) is 2. The summed E-state index contributed by atoms with van der Waals surface area (Å²) in [5, 5.41) is 6.39. The van der Waals surface area contributed by atoms with Gasteiger partial charge in [0.05, 0.1) is 5.92 Å². The van der Waals surface area contributed by atoms with Crippen molar-refractivity contribution in [2.45, 2.75) is 39.0 Å². The van der Waals surface area contributed by atoms with Crippen molar-refractivity contribution in [3.05, 3.63) is 29.8 Å². The van der Waals surface area contributed by atoms with Crippen molar-refractivity contribution < 1.29 is 4.79 Å². The first kappa shape index (κ1) is 17.0. The average molecular weight is 297 g/mol. The van der Waals surface area contributed by atoms with Crippen molar-refractivity contribution in [1.29, 1.82) is 0 Å². The van der Waals surface area contributed by atoms with Crippen LogP contribution in [0.2, 0.25) is 0 Å². The van der Waals surface area contributed by atoms with E-state index in [4.69, 9.17) is 0 Å². The van der Waals surface area contributed by atoms with Crippen LogP contribution in [-0.4, -0.2) is 19.0 Å². The summed E-state index contributed by atoms with van der Waals surface area (Å²) in [6.07, 6.45) is 2.07. The third-order valence-corrected chi connectivity index (χ3v) is 3.66. The molecular weight excluding hydrogens is 272 g/mol. The predicted octanol–water partition coefficient (Wildman–Crippen LogP) is 3.34. The van der Waals surface area contributed by atoms with Gasteiger partial charge in [-0.25, -0.2) is 0 Å². The van der Waals surface area contributed by atoms with E-state index < -0.39 is 0 Å². The summed E-state index contributed by atoms with van der Waals surface area (Å²) in [7, 11) is 0. The number of nitrogens with one attached hydrogen (secondary N) is 2. The molecule has 1 aliphatic heterocycles. The molecule has 1 fully saturated rings. The molecule has 2 rings (SSSR count). The van der Waals surface area contributed by atoms with E-state index in [9.17, 15) is 4.79 Å². The van der Waals surface area contributed by atoms with Gasteiger partial charge in [-0.05, 0) is 36.4 Å². The highest BCUT2D eigenvalue weighted by atomic mass is 35.5. The van der Waals surface area contributed by atoms with Gasteiger partial charge in [-0.15, -0.1) is 12.4 Å². The Morgan fingerprint density at radius 2 is 2.00 bits per heavy atom. The summed E-state index contributed by atoms with van der Waals surface area (Å²) in [5.74, 6) is 0.241. The van der Waals surface area contributed by atoms with Crippen LogP contribution in [0, 0.1) is 5.92 Å². The molecule has 0 radical (unpaired) electrons. The maximum Gasteiger partial charge on any atom is 0.228 e. The minimum atomic E-state index is 0. The summed E-state index contributed by atoms with van der Waals surface area (Å²) in [6.45, 7) is 8.33. The third-order valence-electron chi connectivity index (χ3n) is 3.66. The second kappa shape index (κ2) is 7.09. The zero-order chi connectivity index (χ0) is 13.9. The van der Waals surface area contributed by atoms with Crippen molar-refractivity contribution in [2.75, 3.05) is 18.4 Å². The van der Waals surface area contributed by atoms with Gasteiger partial charge in [0.25, 0.3) is 0 Å².